The number of allylic oxidation sites excluding steroid dienone is 1. The quantitative estimate of drug-likeness (QED) is 0.687. The topological polar surface area (TPSA) is 81.2 Å². The van der Waals surface area contributed by atoms with Crippen LogP contribution >= 0.6 is 0 Å². The van der Waals surface area contributed by atoms with Crippen LogP contribution in [0, 0.1) is 6.92 Å². The van der Waals surface area contributed by atoms with Gasteiger partial charge in [-0.25, -0.2) is 22.1 Å². The molecule has 3 rings (SSSR count). The van der Waals surface area contributed by atoms with Crippen LogP contribution in [0.3, 0.4) is 0 Å². The molecule has 0 unspecified atom stereocenters. The molecule has 148 valence electrons. The number of aryl methyl sites for hydroxylation is 1. The molecule has 0 amide bonds. The van der Waals surface area contributed by atoms with Crippen molar-refractivity contribution < 1.29 is 12.8 Å². The average Bonchev–Trinajstić information content (AvgIpc) is 2.97. The van der Waals surface area contributed by atoms with Crippen molar-refractivity contribution in [2.24, 2.45) is 5.73 Å². The number of benzene rings is 2. The number of imidazole rings is 1. The van der Waals surface area contributed by atoms with Crippen LogP contribution in [0.25, 0.3) is 22.2 Å². The van der Waals surface area contributed by atoms with Gasteiger partial charge in [0, 0.05) is 26.2 Å². The van der Waals surface area contributed by atoms with Gasteiger partial charge in [-0.1, -0.05) is 24.3 Å². The summed E-state index contributed by atoms with van der Waals surface area (Å²) in [6, 6.07) is 12.3. The van der Waals surface area contributed by atoms with Crippen molar-refractivity contribution in [3.8, 4) is 11.1 Å². The van der Waals surface area contributed by atoms with E-state index in [4.69, 9.17) is 5.73 Å². The van der Waals surface area contributed by atoms with Crippen LogP contribution in [0.1, 0.15) is 5.82 Å². The summed E-state index contributed by atoms with van der Waals surface area (Å²) in [6.45, 7) is 2.00. The van der Waals surface area contributed by atoms with E-state index in [1.807, 2.05) is 31.2 Å². The number of halogens is 1. The van der Waals surface area contributed by atoms with Gasteiger partial charge in [0.15, 0.2) is 0 Å². The molecule has 0 saturated heterocycles. The summed E-state index contributed by atoms with van der Waals surface area (Å²) in [5, 5.41) is 0. The fourth-order valence-electron chi connectivity index (χ4n) is 3.07. The van der Waals surface area contributed by atoms with Gasteiger partial charge < -0.3 is 10.3 Å². The molecule has 0 aliphatic carbocycles. The molecule has 1 heterocycles. The normalized spacial score (nSPS) is 12.9. The highest BCUT2D eigenvalue weighted by Crippen LogP contribution is 2.31. The molecule has 0 aliphatic heterocycles. The summed E-state index contributed by atoms with van der Waals surface area (Å²) in [4.78, 5) is 4.82. The standard InChI is InChI=1S/C20H23FN4O2S/c1-14-23-20-18(8-5-9-19(20)25(14)13-16(21)10-11-22)15-6-4-7-17(12-15)28(26,27)24(2)3/h4-10,12H,11,13,22H2,1-3H3/b16-10-. The molecule has 0 spiro atoms. The highest BCUT2D eigenvalue weighted by molar-refractivity contribution is 7.89. The molecular formula is C20H23FN4O2S. The lowest BCUT2D eigenvalue weighted by Crippen LogP contribution is -2.22. The second-order valence-electron chi connectivity index (χ2n) is 6.62. The second-order valence-corrected chi connectivity index (χ2v) is 8.77. The summed E-state index contributed by atoms with van der Waals surface area (Å²) in [5.74, 6) is 0.342. The number of nitrogens with two attached hydrogens (primary N) is 1. The molecule has 0 radical (unpaired) electrons. The summed E-state index contributed by atoms with van der Waals surface area (Å²) in [5.41, 5.74) is 8.38. The molecule has 28 heavy (non-hydrogen) atoms. The van der Waals surface area contributed by atoms with E-state index in [1.54, 1.807) is 22.8 Å². The maximum Gasteiger partial charge on any atom is 0.242 e. The van der Waals surface area contributed by atoms with Gasteiger partial charge >= 0.3 is 0 Å². The van der Waals surface area contributed by atoms with Crippen molar-refractivity contribution in [1.29, 1.82) is 0 Å². The second kappa shape index (κ2) is 7.83. The third-order valence-electron chi connectivity index (χ3n) is 4.54. The van der Waals surface area contributed by atoms with Gasteiger partial charge in [-0.15, -0.1) is 0 Å². The lowest BCUT2D eigenvalue weighted by Gasteiger charge is -2.12. The fourth-order valence-corrected chi connectivity index (χ4v) is 4.02. The first-order valence-corrected chi connectivity index (χ1v) is 10.2. The first-order valence-electron chi connectivity index (χ1n) is 8.79. The van der Waals surface area contributed by atoms with Gasteiger partial charge in [0.1, 0.15) is 11.7 Å². The Morgan fingerprint density at radius 2 is 1.96 bits per heavy atom. The zero-order valence-electron chi connectivity index (χ0n) is 16.1. The van der Waals surface area contributed by atoms with Crippen molar-refractivity contribution in [3.05, 3.63) is 60.2 Å². The highest BCUT2D eigenvalue weighted by Gasteiger charge is 2.19. The summed E-state index contributed by atoms with van der Waals surface area (Å²) >= 11 is 0. The fraction of sp³-hybridized carbons (Fsp3) is 0.250. The minimum Gasteiger partial charge on any atom is -0.327 e. The van der Waals surface area contributed by atoms with Gasteiger partial charge in [-0.3, -0.25) is 0 Å². The van der Waals surface area contributed by atoms with Crippen LogP contribution in [0.15, 0.2) is 59.3 Å². The molecule has 0 bridgehead atoms. The number of hydrogen-bond donors (Lipinski definition) is 1. The third kappa shape index (κ3) is 3.71. The molecule has 0 atom stereocenters. The van der Waals surface area contributed by atoms with Crippen LogP contribution in [0.2, 0.25) is 0 Å². The molecular weight excluding hydrogens is 379 g/mol. The molecule has 3 aromatic rings. The largest absolute Gasteiger partial charge is 0.327 e. The van der Waals surface area contributed by atoms with Crippen molar-refractivity contribution in [3.63, 3.8) is 0 Å². The van der Waals surface area contributed by atoms with E-state index in [2.05, 4.69) is 4.98 Å². The van der Waals surface area contributed by atoms with E-state index >= 15 is 0 Å². The van der Waals surface area contributed by atoms with Crippen LogP contribution < -0.4 is 5.73 Å². The van der Waals surface area contributed by atoms with Crippen LogP contribution in [0.5, 0.6) is 0 Å². The smallest absolute Gasteiger partial charge is 0.242 e. The van der Waals surface area contributed by atoms with E-state index in [1.165, 1.54) is 24.5 Å². The molecule has 0 aliphatic rings. The SMILES string of the molecule is Cc1nc2c(-c3cccc(S(=O)(=O)N(C)C)c3)cccc2n1C/C(F)=C/CN. The van der Waals surface area contributed by atoms with Crippen LogP contribution in [0.4, 0.5) is 4.39 Å². The Labute approximate surface area is 164 Å². The average molecular weight is 402 g/mol. The molecule has 6 nitrogen and oxygen atoms in total. The zero-order chi connectivity index (χ0) is 20.5. The lowest BCUT2D eigenvalue weighted by molar-refractivity contribution is 0.521. The number of para-hydroxylation sites is 1. The maximum absolute atomic E-state index is 14.0. The predicted molar refractivity (Wildman–Crippen MR) is 109 cm³/mol. The van der Waals surface area contributed by atoms with E-state index in [0.717, 1.165) is 16.6 Å². The minimum absolute atomic E-state index is 0.0536. The number of sulfonamides is 1. The van der Waals surface area contributed by atoms with E-state index < -0.39 is 10.0 Å². The Morgan fingerprint density at radius 3 is 2.64 bits per heavy atom. The Balaban J connectivity index is 2.15. The summed E-state index contributed by atoms with van der Waals surface area (Å²) in [7, 11) is -0.553. The number of nitrogens with zero attached hydrogens (tertiary/aromatic N) is 3. The number of hydrogen-bond acceptors (Lipinski definition) is 4. The first kappa shape index (κ1) is 20.2. The highest BCUT2D eigenvalue weighted by atomic mass is 32.2. The molecule has 0 fully saturated rings. The van der Waals surface area contributed by atoms with Crippen LogP contribution in [-0.2, 0) is 16.6 Å². The van der Waals surface area contributed by atoms with E-state index in [9.17, 15) is 12.8 Å². The molecule has 0 saturated carbocycles. The van der Waals surface area contributed by atoms with Crippen molar-refractivity contribution >= 4 is 21.1 Å². The Morgan fingerprint density at radius 1 is 1.25 bits per heavy atom. The summed E-state index contributed by atoms with van der Waals surface area (Å²) < 4.78 is 41.9. The van der Waals surface area contributed by atoms with Gasteiger partial charge in [-0.2, -0.15) is 0 Å². The number of rotatable bonds is 6. The van der Waals surface area contributed by atoms with Crippen LogP contribution in [-0.4, -0.2) is 42.9 Å². The molecule has 8 heteroatoms. The molecule has 2 N–H and O–H groups in total. The van der Waals surface area contributed by atoms with Gasteiger partial charge in [-0.05, 0) is 36.8 Å². The van der Waals surface area contributed by atoms with Gasteiger partial charge in [0.25, 0.3) is 0 Å². The predicted octanol–water partition coefficient (Wildman–Crippen LogP) is 3.07. The van der Waals surface area contributed by atoms with Crippen molar-refractivity contribution in [1.82, 2.24) is 13.9 Å². The van der Waals surface area contributed by atoms with Gasteiger partial charge in [0.05, 0.1) is 22.5 Å². The zero-order valence-corrected chi connectivity index (χ0v) is 16.9. The minimum atomic E-state index is -3.55. The van der Waals surface area contributed by atoms with Crippen molar-refractivity contribution in [2.75, 3.05) is 20.6 Å². The van der Waals surface area contributed by atoms with Crippen molar-refractivity contribution in [2.45, 2.75) is 18.4 Å². The Bertz CT molecular complexity index is 1150. The first-order chi connectivity index (χ1) is 13.3. The van der Waals surface area contributed by atoms with Gasteiger partial charge in [0.2, 0.25) is 10.0 Å². The Hall–Kier alpha value is -2.55. The third-order valence-corrected chi connectivity index (χ3v) is 6.35. The Kier molecular flexibility index (Phi) is 5.64. The monoisotopic (exact) mass is 402 g/mol. The molecule has 2 aromatic carbocycles. The molecule has 1 aromatic heterocycles. The maximum atomic E-state index is 14.0. The lowest BCUT2D eigenvalue weighted by atomic mass is 10.0. The van der Waals surface area contributed by atoms with E-state index in [-0.39, 0.29) is 23.8 Å². The summed E-state index contributed by atoms with van der Waals surface area (Å²) in [6.07, 6.45) is 1.34. The van der Waals surface area contributed by atoms with E-state index in [0.29, 0.717) is 11.3 Å². The number of aromatic nitrogens is 2. The number of fused-ring (bicyclic) bond motifs is 1.